The van der Waals surface area contributed by atoms with Gasteiger partial charge in [-0.25, -0.2) is 14.4 Å². The number of benzene rings is 2. The zero-order valence-corrected chi connectivity index (χ0v) is 17.2. The lowest BCUT2D eigenvalue weighted by Gasteiger charge is -2.37. The van der Waals surface area contributed by atoms with Crippen molar-refractivity contribution in [3.8, 4) is 0 Å². The number of aromatic nitrogens is 2. The third-order valence-corrected chi connectivity index (χ3v) is 5.10. The van der Waals surface area contributed by atoms with Crippen LogP contribution in [-0.4, -0.2) is 42.1 Å². The van der Waals surface area contributed by atoms with Crippen LogP contribution in [-0.2, 0) is 4.79 Å². The van der Waals surface area contributed by atoms with Gasteiger partial charge in [0.05, 0.1) is 5.69 Å². The van der Waals surface area contributed by atoms with Gasteiger partial charge in [-0.2, -0.15) is 0 Å². The average molecular weight is 421 g/mol. The van der Waals surface area contributed by atoms with E-state index in [1.54, 1.807) is 24.3 Å². The number of halogens is 1. The molecule has 1 aliphatic heterocycles. The number of amides is 1. The van der Waals surface area contributed by atoms with Gasteiger partial charge in [0.15, 0.2) is 11.6 Å². The van der Waals surface area contributed by atoms with Crippen molar-refractivity contribution in [3.05, 3.63) is 60.7 Å². The Hall–Kier alpha value is -3.88. The Morgan fingerprint density at radius 1 is 0.968 bits per heavy atom. The van der Waals surface area contributed by atoms with E-state index in [1.807, 2.05) is 23.1 Å². The highest BCUT2D eigenvalue weighted by Crippen LogP contribution is 2.30. The van der Waals surface area contributed by atoms with Crippen LogP contribution in [0.4, 0.5) is 38.8 Å². The molecule has 2 aromatic carbocycles. The molecular formula is C22H24FN7O. The molecule has 3 aromatic rings. The molecule has 1 amide bonds. The van der Waals surface area contributed by atoms with E-state index in [4.69, 9.17) is 5.73 Å². The summed E-state index contributed by atoms with van der Waals surface area (Å²) in [6.07, 6.45) is 1.48. The van der Waals surface area contributed by atoms with Crippen LogP contribution >= 0.6 is 0 Å². The molecule has 9 heteroatoms. The third-order valence-electron chi connectivity index (χ3n) is 5.10. The highest BCUT2D eigenvalue weighted by atomic mass is 19.1. The first-order valence-corrected chi connectivity index (χ1v) is 10.0. The maximum atomic E-state index is 14.1. The summed E-state index contributed by atoms with van der Waals surface area (Å²) in [7, 11) is 0. The Bertz CT molecular complexity index is 1070. The van der Waals surface area contributed by atoms with Gasteiger partial charge in [0, 0.05) is 44.5 Å². The Morgan fingerprint density at radius 2 is 1.61 bits per heavy atom. The summed E-state index contributed by atoms with van der Waals surface area (Å²) in [4.78, 5) is 23.9. The smallest absolute Gasteiger partial charge is 0.221 e. The van der Waals surface area contributed by atoms with Crippen LogP contribution in [0.3, 0.4) is 0 Å². The van der Waals surface area contributed by atoms with E-state index in [2.05, 4.69) is 25.5 Å². The molecular weight excluding hydrogens is 397 g/mol. The van der Waals surface area contributed by atoms with Gasteiger partial charge in [0.25, 0.3) is 0 Å². The van der Waals surface area contributed by atoms with Gasteiger partial charge in [-0.15, -0.1) is 0 Å². The number of hydrogen-bond acceptors (Lipinski definition) is 7. The largest absolute Gasteiger partial charge is 0.393 e. The SMILES string of the molecule is CC(=O)Nc1ccc(Nc2ncnc(N3CCN(c4ccccc4F)CC3)c2N)cc1. The van der Waals surface area contributed by atoms with Gasteiger partial charge < -0.3 is 26.2 Å². The van der Waals surface area contributed by atoms with E-state index in [-0.39, 0.29) is 11.7 Å². The first-order valence-electron chi connectivity index (χ1n) is 10.0. The molecule has 1 aromatic heterocycles. The van der Waals surface area contributed by atoms with E-state index in [0.29, 0.717) is 54.9 Å². The number of hydrogen-bond donors (Lipinski definition) is 3. The third kappa shape index (κ3) is 4.66. The van der Waals surface area contributed by atoms with Crippen molar-refractivity contribution in [3.63, 3.8) is 0 Å². The van der Waals surface area contributed by atoms with Crippen LogP contribution in [0.1, 0.15) is 6.92 Å². The topological polar surface area (TPSA) is 99.4 Å². The zero-order valence-electron chi connectivity index (χ0n) is 17.2. The molecule has 0 radical (unpaired) electrons. The highest BCUT2D eigenvalue weighted by molar-refractivity contribution is 5.89. The van der Waals surface area contributed by atoms with E-state index in [0.717, 1.165) is 5.69 Å². The fraction of sp³-hybridized carbons (Fsp3) is 0.227. The number of nitrogen functional groups attached to an aromatic ring is 1. The second-order valence-corrected chi connectivity index (χ2v) is 7.27. The summed E-state index contributed by atoms with van der Waals surface area (Å²) in [5.74, 6) is 0.823. The predicted octanol–water partition coefficient (Wildman–Crippen LogP) is 3.23. The van der Waals surface area contributed by atoms with Crippen LogP contribution in [0.5, 0.6) is 0 Å². The fourth-order valence-corrected chi connectivity index (χ4v) is 3.58. The van der Waals surface area contributed by atoms with Crippen LogP contribution < -0.4 is 26.2 Å². The lowest BCUT2D eigenvalue weighted by atomic mass is 10.2. The molecule has 0 aliphatic carbocycles. The van der Waals surface area contributed by atoms with Crippen LogP contribution in [0.2, 0.25) is 0 Å². The second-order valence-electron chi connectivity index (χ2n) is 7.27. The van der Waals surface area contributed by atoms with Gasteiger partial charge in [-0.05, 0) is 36.4 Å². The molecule has 4 rings (SSSR count). The maximum Gasteiger partial charge on any atom is 0.221 e. The number of rotatable bonds is 5. The normalized spacial score (nSPS) is 13.7. The Kier molecular flexibility index (Phi) is 5.83. The van der Waals surface area contributed by atoms with Gasteiger partial charge in [-0.3, -0.25) is 4.79 Å². The monoisotopic (exact) mass is 421 g/mol. The lowest BCUT2D eigenvalue weighted by Crippen LogP contribution is -2.47. The summed E-state index contributed by atoms with van der Waals surface area (Å²) < 4.78 is 14.1. The Labute approximate surface area is 179 Å². The van der Waals surface area contributed by atoms with E-state index >= 15 is 0 Å². The van der Waals surface area contributed by atoms with E-state index < -0.39 is 0 Å². The van der Waals surface area contributed by atoms with Crippen molar-refractivity contribution < 1.29 is 9.18 Å². The molecule has 0 bridgehead atoms. The summed E-state index contributed by atoms with van der Waals surface area (Å²) in [5, 5.41) is 5.93. The van der Waals surface area contributed by atoms with Gasteiger partial charge in [-0.1, -0.05) is 12.1 Å². The maximum absolute atomic E-state index is 14.1. The molecule has 8 nitrogen and oxygen atoms in total. The average Bonchev–Trinajstić information content (AvgIpc) is 2.77. The molecule has 0 saturated carbocycles. The number of nitrogens with two attached hydrogens (primary N) is 1. The molecule has 160 valence electrons. The molecule has 1 saturated heterocycles. The zero-order chi connectivity index (χ0) is 21.8. The fourth-order valence-electron chi connectivity index (χ4n) is 3.58. The van der Waals surface area contributed by atoms with Gasteiger partial charge >= 0.3 is 0 Å². The summed E-state index contributed by atoms with van der Waals surface area (Å²) in [5.41, 5.74) is 8.93. The minimum atomic E-state index is -0.214. The Morgan fingerprint density at radius 3 is 2.29 bits per heavy atom. The molecule has 2 heterocycles. The quantitative estimate of drug-likeness (QED) is 0.582. The van der Waals surface area contributed by atoms with Crippen molar-refractivity contribution in [1.82, 2.24) is 9.97 Å². The van der Waals surface area contributed by atoms with Crippen molar-refractivity contribution in [2.45, 2.75) is 6.92 Å². The summed E-state index contributed by atoms with van der Waals surface area (Å²) >= 11 is 0. The van der Waals surface area contributed by atoms with E-state index in [9.17, 15) is 9.18 Å². The minimum Gasteiger partial charge on any atom is -0.393 e. The molecule has 0 spiro atoms. The molecule has 4 N–H and O–H groups in total. The highest BCUT2D eigenvalue weighted by Gasteiger charge is 2.22. The standard InChI is InChI=1S/C22H24FN7O/c1-15(31)27-16-6-8-17(9-7-16)28-21-20(24)22(26-14-25-21)30-12-10-29(11-13-30)19-5-3-2-4-18(19)23/h2-9,14H,10-13,24H2,1H3,(H,27,31)(H,25,26,28). The number of anilines is 6. The summed E-state index contributed by atoms with van der Waals surface area (Å²) in [6, 6.07) is 14.1. The van der Waals surface area contributed by atoms with Crippen LogP contribution in [0, 0.1) is 5.82 Å². The number of para-hydroxylation sites is 1. The first kappa shape index (κ1) is 20.4. The van der Waals surface area contributed by atoms with E-state index in [1.165, 1.54) is 19.3 Å². The number of carbonyl (C=O) groups is 1. The van der Waals surface area contributed by atoms with Crippen molar-refractivity contribution >= 4 is 40.3 Å². The van der Waals surface area contributed by atoms with Crippen LogP contribution in [0.15, 0.2) is 54.9 Å². The second kappa shape index (κ2) is 8.86. The number of piperazine rings is 1. The first-order chi connectivity index (χ1) is 15.0. The number of nitrogens with zero attached hydrogens (tertiary/aromatic N) is 4. The molecule has 0 atom stereocenters. The van der Waals surface area contributed by atoms with Gasteiger partial charge in [0.1, 0.15) is 17.8 Å². The molecule has 1 fully saturated rings. The lowest BCUT2D eigenvalue weighted by molar-refractivity contribution is -0.114. The van der Waals surface area contributed by atoms with Crippen LogP contribution in [0.25, 0.3) is 0 Å². The number of carbonyl (C=O) groups excluding carboxylic acids is 1. The molecule has 1 aliphatic rings. The Balaban J connectivity index is 1.44. The number of nitrogens with one attached hydrogen (secondary N) is 2. The minimum absolute atomic E-state index is 0.125. The molecule has 0 unspecified atom stereocenters. The van der Waals surface area contributed by atoms with Crippen molar-refractivity contribution in [1.29, 1.82) is 0 Å². The predicted molar refractivity (Wildman–Crippen MR) is 121 cm³/mol. The molecule has 31 heavy (non-hydrogen) atoms. The van der Waals surface area contributed by atoms with Crippen molar-refractivity contribution in [2.24, 2.45) is 0 Å². The van der Waals surface area contributed by atoms with Gasteiger partial charge in [0.2, 0.25) is 5.91 Å². The summed E-state index contributed by atoms with van der Waals surface area (Å²) in [6.45, 7) is 4.13. The van der Waals surface area contributed by atoms with Crippen molar-refractivity contribution in [2.75, 3.05) is 52.3 Å².